The minimum Gasteiger partial charge on any atom is -0.381 e. The van der Waals surface area contributed by atoms with Crippen molar-refractivity contribution < 1.29 is 18.9 Å². The first-order valence-electron chi connectivity index (χ1n) is 5.78. The Bertz CT molecular complexity index is 149. The SMILES string of the molecule is CCOC(OCC)(OCC)C1CCOC1. The molecule has 1 fully saturated rings. The summed E-state index contributed by atoms with van der Waals surface area (Å²) in [5.74, 6) is -0.716. The van der Waals surface area contributed by atoms with Gasteiger partial charge in [0.15, 0.2) is 0 Å². The van der Waals surface area contributed by atoms with Crippen LogP contribution in [0.4, 0.5) is 0 Å². The van der Waals surface area contributed by atoms with Gasteiger partial charge in [-0.05, 0) is 27.2 Å². The van der Waals surface area contributed by atoms with E-state index in [9.17, 15) is 0 Å². The van der Waals surface area contributed by atoms with Crippen LogP contribution in [-0.4, -0.2) is 39.0 Å². The van der Waals surface area contributed by atoms with E-state index in [1.54, 1.807) is 0 Å². The van der Waals surface area contributed by atoms with Crippen LogP contribution < -0.4 is 0 Å². The highest BCUT2D eigenvalue weighted by atomic mass is 16.9. The normalized spacial score (nSPS) is 22.2. The molecular formula is C11H22O4. The first kappa shape index (κ1) is 12.9. The Labute approximate surface area is 91.8 Å². The molecule has 15 heavy (non-hydrogen) atoms. The molecule has 0 aromatic rings. The van der Waals surface area contributed by atoms with E-state index in [4.69, 9.17) is 18.9 Å². The molecule has 1 aliphatic rings. The highest BCUT2D eigenvalue weighted by Crippen LogP contribution is 2.32. The Morgan fingerprint density at radius 1 is 1.07 bits per heavy atom. The molecule has 4 heteroatoms. The standard InChI is InChI=1S/C11H22O4/c1-4-13-11(14-5-2,15-6-3)10-7-8-12-9-10/h10H,4-9H2,1-3H3. The van der Waals surface area contributed by atoms with Crippen LogP contribution in [-0.2, 0) is 18.9 Å². The lowest BCUT2D eigenvalue weighted by Gasteiger charge is -2.36. The van der Waals surface area contributed by atoms with Gasteiger partial charge in [0.05, 0.1) is 12.5 Å². The predicted octanol–water partition coefficient (Wildman–Crippen LogP) is 1.79. The minimum atomic E-state index is -0.894. The second kappa shape index (κ2) is 6.43. The Balaban J connectivity index is 2.68. The molecule has 1 aliphatic heterocycles. The van der Waals surface area contributed by atoms with Gasteiger partial charge in [0.25, 0.3) is 5.97 Å². The summed E-state index contributed by atoms with van der Waals surface area (Å²) in [7, 11) is 0. The Morgan fingerprint density at radius 3 is 1.93 bits per heavy atom. The van der Waals surface area contributed by atoms with E-state index in [0.29, 0.717) is 26.4 Å². The van der Waals surface area contributed by atoms with Gasteiger partial charge in [-0.2, -0.15) is 0 Å². The van der Waals surface area contributed by atoms with Crippen molar-refractivity contribution in [1.29, 1.82) is 0 Å². The van der Waals surface area contributed by atoms with E-state index in [0.717, 1.165) is 13.0 Å². The molecule has 4 nitrogen and oxygen atoms in total. The van der Waals surface area contributed by atoms with Crippen molar-refractivity contribution in [2.75, 3.05) is 33.0 Å². The van der Waals surface area contributed by atoms with Crippen molar-refractivity contribution in [3.8, 4) is 0 Å². The van der Waals surface area contributed by atoms with Gasteiger partial charge in [-0.3, -0.25) is 0 Å². The molecule has 0 spiro atoms. The molecule has 0 aromatic carbocycles. The maximum atomic E-state index is 5.67. The van der Waals surface area contributed by atoms with Crippen LogP contribution in [0.25, 0.3) is 0 Å². The highest BCUT2D eigenvalue weighted by molar-refractivity contribution is 4.75. The fourth-order valence-corrected chi connectivity index (χ4v) is 1.90. The van der Waals surface area contributed by atoms with Crippen LogP contribution in [0.2, 0.25) is 0 Å². The lowest BCUT2D eigenvalue weighted by molar-refractivity contribution is -0.400. The van der Waals surface area contributed by atoms with Crippen molar-refractivity contribution in [1.82, 2.24) is 0 Å². The summed E-state index contributed by atoms with van der Waals surface area (Å²) >= 11 is 0. The zero-order chi connectivity index (χ0) is 11.1. The molecule has 1 atom stereocenters. The Kier molecular flexibility index (Phi) is 5.53. The van der Waals surface area contributed by atoms with Crippen LogP contribution in [0.3, 0.4) is 0 Å². The molecule has 1 heterocycles. The topological polar surface area (TPSA) is 36.9 Å². The van der Waals surface area contributed by atoms with Gasteiger partial charge in [-0.15, -0.1) is 0 Å². The zero-order valence-corrected chi connectivity index (χ0v) is 9.95. The molecule has 1 rings (SSSR count). The lowest BCUT2D eigenvalue weighted by atomic mass is 10.1. The molecule has 0 aromatic heterocycles. The van der Waals surface area contributed by atoms with Gasteiger partial charge >= 0.3 is 0 Å². The van der Waals surface area contributed by atoms with Crippen molar-refractivity contribution >= 4 is 0 Å². The number of hydrogen-bond acceptors (Lipinski definition) is 4. The third-order valence-electron chi connectivity index (χ3n) is 2.47. The van der Waals surface area contributed by atoms with Gasteiger partial charge < -0.3 is 18.9 Å². The van der Waals surface area contributed by atoms with E-state index in [-0.39, 0.29) is 5.92 Å². The summed E-state index contributed by atoms with van der Waals surface area (Å²) in [6.07, 6.45) is 0.931. The number of hydrogen-bond donors (Lipinski definition) is 0. The van der Waals surface area contributed by atoms with E-state index in [1.165, 1.54) is 0 Å². The van der Waals surface area contributed by atoms with Crippen LogP contribution in [0.15, 0.2) is 0 Å². The molecule has 0 saturated carbocycles. The lowest BCUT2D eigenvalue weighted by Crippen LogP contribution is -2.47. The quantitative estimate of drug-likeness (QED) is 0.610. The number of ether oxygens (including phenoxy) is 4. The molecule has 1 saturated heterocycles. The summed E-state index contributed by atoms with van der Waals surface area (Å²) in [5.41, 5.74) is 0. The minimum absolute atomic E-state index is 0.178. The first-order chi connectivity index (χ1) is 7.29. The zero-order valence-electron chi connectivity index (χ0n) is 9.95. The van der Waals surface area contributed by atoms with Crippen LogP contribution in [0.1, 0.15) is 27.2 Å². The average molecular weight is 218 g/mol. The maximum absolute atomic E-state index is 5.67. The van der Waals surface area contributed by atoms with E-state index < -0.39 is 5.97 Å². The van der Waals surface area contributed by atoms with Crippen molar-refractivity contribution in [2.24, 2.45) is 5.92 Å². The fourth-order valence-electron chi connectivity index (χ4n) is 1.90. The average Bonchev–Trinajstić information content (AvgIpc) is 2.72. The molecule has 0 radical (unpaired) electrons. The first-order valence-corrected chi connectivity index (χ1v) is 5.78. The summed E-state index contributed by atoms with van der Waals surface area (Å²) in [6.45, 7) is 9.00. The predicted molar refractivity (Wildman–Crippen MR) is 56.5 cm³/mol. The third-order valence-corrected chi connectivity index (χ3v) is 2.47. The molecule has 90 valence electrons. The van der Waals surface area contributed by atoms with E-state index >= 15 is 0 Å². The molecule has 0 N–H and O–H groups in total. The summed E-state index contributed by atoms with van der Waals surface area (Å²) in [5, 5.41) is 0. The van der Waals surface area contributed by atoms with Crippen molar-refractivity contribution in [3.63, 3.8) is 0 Å². The summed E-state index contributed by atoms with van der Waals surface area (Å²) < 4.78 is 22.4. The van der Waals surface area contributed by atoms with Crippen LogP contribution in [0, 0.1) is 5.92 Å². The Hall–Kier alpha value is -0.160. The van der Waals surface area contributed by atoms with Gasteiger partial charge in [-0.1, -0.05) is 0 Å². The van der Waals surface area contributed by atoms with Crippen molar-refractivity contribution in [2.45, 2.75) is 33.2 Å². The fraction of sp³-hybridized carbons (Fsp3) is 1.00. The molecule has 1 unspecified atom stereocenters. The summed E-state index contributed by atoms with van der Waals surface area (Å²) in [6, 6.07) is 0. The Morgan fingerprint density at radius 2 is 1.60 bits per heavy atom. The number of rotatable bonds is 7. The molecule has 0 aliphatic carbocycles. The largest absolute Gasteiger partial charge is 0.381 e. The van der Waals surface area contributed by atoms with Crippen LogP contribution in [0.5, 0.6) is 0 Å². The maximum Gasteiger partial charge on any atom is 0.288 e. The third kappa shape index (κ3) is 3.14. The van der Waals surface area contributed by atoms with Gasteiger partial charge in [-0.25, -0.2) is 0 Å². The molecule has 0 amide bonds. The van der Waals surface area contributed by atoms with E-state index in [1.807, 2.05) is 20.8 Å². The molecule has 0 bridgehead atoms. The highest BCUT2D eigenvalue weighted by Gasteiger charge is 2.44. The van der Waals surface area contributed by atoms with Crippen LogP contribution >= 0.6 is 0 Å². The second-order valence-corrected chi connectivity index (χ2v) is 3.46. The van der Waals surface area contributed by atoms with Crippen molar-refractivity contribution in [3.05, 3.63) is 0 Å². The van der Waals surface area contributed by atoms with E-state index in [2.05, 4.69) is 0 Å². The smallest absolute Gasteiger partial charge is 0.288 e. The summed E-state index contributed by atoms with van der Waals surface area (Å²) in [4.78, 5) is 0. The van der Waals surface area contributed by atoms with Gasteiger partial charge in [0.2, 0.25) is 0 Å². The monoisotopic (exact) mass is 218 g/mol. The van der Waals surface area contributed by atoms with Gasteiger partial charge in [0.1, 0.15) is 0 Å². The second-order valence-electron chi connectivity index (χ2n) is 3.46. The molecular weight excluding hydrogens is 196 g/mol. The van der Waals surface area contributed by atoms with Gasteiger partial charge in [0, 0.05) is 26.4 Å².